The topological polar surface area (TPSA) is 132 Å². The van der Waals surface area contributed by atoms with Crippen molar-refractivity contribution in [3.63, 3.8) is 0 Å². The second-order valence-electron chi connectivity index (χ2n) is 9.62. The molecule has 2 bridgehead atoms. The van der Waals surface area contributed by atoms with Crippen LogP contribution in [-0.2, 0) is 14.4 Å². The van der Waals surface area contributed by atoms with Crippen molar-refractivity contribution in [2.24, 2.45) is 34.0 Å². The Morgan fingerprint density at radius 2 is 1.93 bits per heavy atom. The van der Waals surface area contributed by atoms with E-state index in [1.807, 2.05) is 0 Å². The third kappa shape index (κ3) is 1.96. The highest BCUT2D eigenvalue weighted by Crippen LogP contribution is 2.77. The number of carbonyl (C=O) groups excluding carboxylic acids is 1. The fourth-order valence-electron chi connectivity index (χ4n) is 7.71. The lowest BCUT2D eigenvalue weighted by Gasteiger charge is -2.50. The van der Waals surface area contributed by atoms with Crippen molar-refractivity contribution in [3.05, 3.63) is 12.2 Å². The summed E-state index contributed by atoms with van der Waals surface area (Å²) >= 11 is 0. The van der Waals surface area contributed by atoms with E-state index in [0.717, 1.165) is 6.29 Å². The lowest BCUT2D eigenvalue weighted by molar-refractivity contribution is -0.174. The van der Waals surface area contributed by atoms with Gasteiger partial charge < -0.3 is 25.2 Å². The third-order valence-corrected chi connectivity index (χ3v) is 8.45. The van der Waals surface area contributed by atoms with Crippen molar-refractivity contribution >= 4 is 18.2 Å². The largest absolute Gasteiger partial charge is 0.481 e. The number of hydrogen-bond acceptors (Lipinski definition) is 5. The van der Waals surface area contributed by atoms with Crippen LogP contribution in [0.15, 0.2) is 12.2 Å². The van der Waals surface area contributed by atoms with Crippen LogP contribution >= 0.6 is 0 Å². The minimum absolute atomic E-state index is 0.0745. The molecule has 4 N–H and O–H groups in total. The van der Waals surface area contributed by atoms with Crippen LogP contribution in [0, 0.1) is 34.0 Å². The molecule has 0 radical (unpaired) electrons. The van der Waals surface area contributed by atoms with Gasteiger partial charge in [0.2, 0.25) is 0 Å². The summed E-state index contributed by atoms with van der Waals surface area (Å²) in [6, 6.07) is 0. The van der Waals surface area contributed by atoms with Crippen molar-refractivity contribution in [1.82, 2.24) is 0 Å². The summed E-state index contributed by atoms with van der Waals surface area (Å²) in [7, 11) is 0. The van der Waals surface area contributed by atoms with E-state index in [1.54, 1.807) is 0 Å². The number of hydrogen-bond donors (Lipinski definition) is 4. The zero-order valence-electron chi connectivity index (χ0n) is 15.4. The molecule has 0 unspecified atom stereocenters. The van der Waals surface area contributed by atoms with Gasteiger partial charge in [-0.15, -0.1) is 0 Å². The number of aliphatic hydroxyl groups is 2. The molecule has 4 rings (SSSR count). The Kier molecular flexibility index (Phi) is 3.59. The van der Waals surface area contributed by atoms with Crippen molar-refractivity contribution in [1.29, 1.82) is 0 Å². The first-order valence-corrected chi connectivity index (χ1v) is 9.48. The van der Waals surface area contributed by atoms with Gasteiger partial charge in [-0.25, -0.2) is 0 Å². The van der Waals surface area contributed by atoms with Gasteiger partial charge in [-0.05, 0) is 62.4 Å². The second-order valence-corrected chi connectivity index (χ2v) is 9.62. The van der Waals surface area contributed by atoms with Crippen LogP contribution in [0.2, 0.25) is 0 Å². The van der Waals surface area contributed by atoms with E-state index in [0.29, 0.717) is 18.4 Å². The number of carboxylic acid groups (broad SMARTS) is 2. The monoisotopic (exact) mass is 378 g/mol. The van der Waals surface area contributed by atoms with Gasteiger partial charge in [0.1, 0.15) is 6.29 Å². The molecule has 27 heavy (non-hydrogen) atoms. The van der Waals surface area contributed by atoms with Crippen LogP contribution in [0.1, 0.15) is 45.4 Å². The highest BCUT2D eigenvalue weighted by molar-refractivity contribution is 5.82. The average molecular weight is 378 g/mol. The minimum atomic E-state index is -1.53. The number of aliphatic carboxylic acids is 2. The molecule has 4 saturated carbocycles. The maximum atomic E-state index is 12.5. The molecule has 0 amide bonds. The van der Waals surface area contributed by atoms with Crippen molar-refractivity contribution in [2.75, 3.05) is 0 Å². The van der Waals surface area contributed by atoms with Crippen LogP contribution < -0.4 is 0 Å². The molecule has 1 spiro atoms. The molecule has 4 aliphatic carbocycles. The summed E-state index contributed by atoms with van der Waals surface area (Å²) in [5.41, 5.74) is -4.23. The lowest BCUT2D eigenvalue weighted by atomic mass is 9.52. The molecule has 148 valence electrons. The molecule has 0 saturated heterocycles. The summed E-state index contributed by atoms with van der Waals surface area (Å²) in [5.74, 6) is -4.71. The van der Waals surface area contributed by atoms with Gasteiger partial charge in [0, 0.05) is 11.3 Å². The average Bonchev–Trinajstić information content (AvgIpc) is 2.92. The van der Waals surface area contributed by atoms with E-state index in [1.165, 1.54) is 6.92 Å². The summed E-state index contributed by atoms with van der Waals surface area (Å²) in [5, 5.41) is 41.6. The number of carbonyl (C=O) groups is 3. The number of carboxylic acids is 2. The van der Waals surface area contributed by atoms with Gasteiger partial charge in [0.15, 0.2) is 0 Å². The molecule has 4 aliphatic rings. The van der Waals surface area contributed by atoms with E-state index in [9.17, 15) is 34.8 Å². The lowest BCUT2D eigenvalue weighted by Crippen LogP contribution is -2.56. The molecule has 0 aliphatic heterocycles. The summed E-state index contributed by atoms with van der Waals surface area (Å²) in [4.78, 5) is 37.2. The predicted molar refractivity (Wildman–Crippen MR) is 92.6 cm³/mol. The van der Waals surface area contributed by atoms with Gasteiger partial charge in [-0.3, -0.25) is 9.59 Å². The molecule has 7 nitrogen and oxygen atoms in total. The molecular formula is C20H26O7. The fourth-order valence-corrected chi connectivity index (χ4v) is 7.71. The Labute approximate surface area is 157 Å². The van der Waals surface area contributed by atoms with Crippen LogP contribution in [0.25, 0.3) is 0 Å². The molecule has 0 heterocycles. The Hall–Kier alpha value is -1.73. The van der Waals surface area contributed by atoms with E-state index in [4.69, 9.17) is 0 Å². The molecule has 0 aromatic carbocycles. The van der Waals surface area contributed by atoms with Gasteiger partial charge in [0.05, 0.1) is 23.0 Å². The maximum Gasteiger partial charge on any atom is 0.309 e. The van der Waals surface area contributed by atoms with Crippen LogP contribution in [0.3, 0.4) is 0 Å². The Bertz CT molecular complexity index is 761. The van der Waals surface area contributed by atoms with Gasteiger partial charge in [-0.1, -0.05) is 6.58 Å². The SMILES string of the molecule is C=C1C[C@@]23C[C@@]1(O)CC[C@H]2[C@]1(C=O)C[C@H](O)C[C@@](C)(C(=O)O)[C@H]1[C@@H]3C(=O)O. The Balaban J connectivity index is 1.99. The first-order chi connectivity index (χ1) is 12.5. The Morgan fingerprint density at radius 3 is 2.48 bits per heavy atom. The smallest absolute Gasteiger partial charge is 0.309 e. The molecule has 4 fully saturated rings. The molecule has 8 atom stereocenters. The minimum Gasteiger partial charge on any atom is -0.481 e. The number of aldehydes is 1. The van der Waals surface area contributed by atoms with Gasteiger partial charge >= 0.3 is 11.9 Å². The number of aliphatic hydroxyl groups excluding tert-OH is 1. The number of fused-ring (bicyclic) bond motifs is 3. The zero-order chi connectivity index (χ0) is 20.0. The summed E-state index contributed by atoms with van der Waals surface area (Å²) in [6.07, 6.45) is 1.01. The van der Waals surface area contributed by atoms with E-state index < -0.39 is 51.7 Å². The zero-order valence-corrected chi connectivity index (χ0v) is 15.4. The number of rotatable bonds is 3. The highest BCUT2D eigenvalue weighted by atomic mass is 16.4. The standard InChI is InChI=1S/C20H26O7/c1-10-5-18-8-20(10,27)4-3-12(18)19(9-21)7-11(22)6-17(2,16(25)26)14(19)13(18)15(23)24/h9,11-14,22,27H,1,3-8H2,2H3,(H,23,24)(H,25,26)/t11-,12-,13-,14-,17-,18-,19-,20+/m1/s1. The quantitative estimate of drug-likeness (QED) is 0.429. The molecular weight excluding hydrogens is 352 g/mol. The van der Waals surface area contributed by atoms with Crippen molar-refractivity contribution in [2.45, 2.75) is 57.2 Å². The van der Waals surface area contributed by atoms with Gasteiger partial charge in [0.25, 0.3) is 0 Å². The molecule has 0 aromatic heterocycles. The van der Waals surface area contributed by atoms with Crippen LogP contribution in [0.5, 0.6) is 0 Å². The van der Waals surface area contributed by atoms with E-state index in [-0.39, 0.29) is 31.6 Å². The van der Waals surface area contributed by atoms with Crippen molar-refractivity contribution in [3.8, 4) is 0 Å². The molecule has 7 heteroatoms. The van der Waals surface area contributed by atoms with E-state index in [2.05, 4.69) is 6.58 Å². The first-order valence-electron chi connectivity index (χ1n) is 9.48. The van der Waals surface area contributed by atoms with Crippen LogP contribution in [-0.4, -0.2) is 50.4 Å². The van der Waals surface area contributed by atoms with Gasteiger partial charge in [-0.2, -0.15) is 0 Å². The van der Waals surface area contributed by atoms with Crippen LogP contribution in [0.4, 0.5) is 0 Å². The van der Waals surface area contributed by atoms with Crippen molar-refractivity contribution < 1.29 is 34.8 Å². The normalized spacial score (nSPS) is 53.5. The fraction of sp³-hybridized carbons (Fsp3) is 0.750. The third-order valence-electron chi connectivity index (χ3n) is 8.45. The second kappa shape index (κ2) is 5.20. The maximum absolute atomic E-state index is 12.5. The summed E-state index contributed by atoms with van der Waals surface area (Å²) < 4.78 is 0. The van der Waals surface area contributed by atoms with E-state index >= 15 is 0 Å². The summed E-state index contributed by atoms with van der Waals surface area (Å²) in [6.45, 7) is 5.43. The first kappa shape index (κ1) is 18.6. The molecule has 0 aromatic rings. The Morgan fingerprint density at radius 1 is 1.26 bits per heavy atom. The highest BCUT2D eigenvalue weighted by Gasteiger charge is 2.79. The predicted octanol–water partition coefficient (Wildman–Crippen LogP) is 1.23.